The van der Waals surface area contributed by atoms with E-state index in [0.717, 1.165) is 43.6 Å². The zero-order chi connectivity index (χ0) is 14.8. The van der Waals surface area contributed by atoms with Crippen LogP contribution in [0.5, 0.6) is 0 Å². The molecule has 2 aliphatic heterocycles. The SMILES string of the molecule is c1nc2cncc(N3CCN(CC4CCNCC4)CC3)n2n1. The van der Waals surface area contributed by atoms with E-state index in [9.17, 15) is 0 Å². The molecule has 0 spiro atoms. The second-order valence-corrected chi connectivity index (χ2v) is 6.28. The van der Waals surface area contributed by atoms with Crippen LogP contribution in [0.3, 0.4) is 0 Å². The van der Waals surface area contributed by atoms with Crippen LogP contribution < -0.4 is 10.2 Å². The normalized spacial score (nSPS) is 21.5. The third-order valence-electron chi connectivity index (χ3n) is 4.84. The summed E-state index contributed by atoms with van der Waals surface area (Å²) in [6.07, 6.45) is 7.88. The maximum atomic E-state index is 4.31. The van der Waals surface area contributed by atoms with Crippen molar-refractivity contribution < 1.29 is 0 Å². The minimum absolute atomic E-state index is 0.814. The maximum absolute atomic E-state index is 4.31. The number of piperazine rings is 1. The molecule has 4 rings (SSSR count). The van der Waals surface area contributed by atoms with E-state index in [0.29, 0.717) is 0 Å². The van der Waals surface area contributed by atoms with E-state index in [1.165, 1.54) is 32.5 Å². The molecule has 0 saturated carbocycles. The van der Waals surface area contributed by atoms with Crippen molar-refractivity contribution in [1.82, 2.24) is 29.8 Å². The van der Waals surface area contributed by atoms with Crippen molar-refractivity contribution in [2.24, 2.45) is 5.92 Å². The van der Waals surface area contributed by atoms with Gasteiger partial charge in [-0.25, -0.2) is 4.98 Å². The monoisotopic (exact) mass is 301 g/mol. The van der Waals surface area contributed by atoms with Crippen LogP contribution in [0, 0.1) is 5.92 Å². The van der Waals surface area contributed by atoms with E-state index >= 15 is 0 Å². The van der Waals surface area contributed by atoms with Crippen LogP contribution >= 0.6 is 0 Å². The van der Waals surface area contributed by atoms with Crippen LogP contribution in [0.15, 0.2) is 18.7 Å². The Hall–Kier alpha value is -1.73. The number of anilines is 1. The first-order valence-corrected chi connectivity index (χ1v) is 8.22. The molecule has 2 aromatic rings. The van der Waals surface area contributed by atoms with Gasteiger partial charge < -0.3 is 10.2 Å². The number of aromatic nitrogens is 4. The second-order valence-electron chi connectivity index (χ2n) is 6.28. The Balaban J connectivity index is 1.38. The van der Waals surface area contributed by atoms with Gasteiger partial charge in [-0.05, 0) is 31.8 Å². The zero-order valence-electron chi connectivity index (χ0n) is 12.9. The molecule has 0 aliphatic carbocycles. The highest BCUT2D eigenvalue weighted by molar-refractivity contribution is 5.46. The second kappa shape index (κ2) is 6.18. The summed E-state index contributed by atoms with van der Waals surface area (Å²) in [7, 11) is 0. The van der Waals surface area contributed by atoms with Crippen molar-refractivity contribution in [2.75, 3.05) is 50.7 Å². The molecule has 7 nitrogen and oxygen atoms in total. The summed E-state index contributed by atoms with van der Waals surface area (Å²) >= 11 is 0. The smallest absolute Gasteiger partial charge is 0.175 e. The highest BCUT2D eigenvalue weighted by Gasteiger charge is 2.22. The lowest BCUT2D eigenvalue weighted by atomic mass is 9.97. The van der Waals surface area contributed by atoms with E-state index in [-0.39, 0.29) is 0 Å². The van der Waals surface area contributed by atoms with Crippen LogP contribution in [0.1, 0.15) is 12.8 Å². The molecule has 2 aromatic heterocycles. The molecule has 118 valence electrons. The molecule has 4 heterocycles. The van der Waals surface area contributed by atoms with Gasteiger partial charge in [0.2, 0.25) is 0 Å². The summed E-state index contributed by atoms with van der Waals surface area (Å²) in [6, 6.07) is 0. The summed E-state index contributed by atoms with van der Waals surface area (Å²) in [5, 5.41) is 7.76. The van der Waals surface area contributed by atoms with Gasteiger partial charge in [-0.15, -0.1) is 0 Å². The summed E-state index contributed by atoms with van der Waals surface area (Å²) in [5.74, 6) is 1.92. The van der Waals surface area contributed by atoms with Gasteiger partial charge in [0, 0.05) is 32.7 Å². The molecule has 0 atom stereocenters. The van der Waals surface area contributed by atoms with E-state index in [4.69, 9.17) is 0 Å². The Morgan fingerprint density at radius 3 is 2.73 bits per heavy atom. The molecule has 2 saturated heterocycles. The Labute approximate surface area is 130 Å². The minimum atomic E-state index is 0.814. The van der Waals surface area contributed by atoms with Crippen LogP contribution in [0.4, 0.5) is 5.82 Å². The molecule has 0 unspecified atom stereocenters. The van der Waals surface area contributed by atoms with Gasteiger partial charge in [0.15, 0.2) is 11.5 Å². The highest BCUT2D eigenvalue weighted by Crippen LogP contribution is 2.18. The molecule has 0 bridgehead atoms. The minimum Gasteiger partial charge on any atom is -0.353 e. The lowest BCUT2D eigenvalue weighted by Crippen LogP contribution is -2.49. The van der Waals surface area contributed by atoms with Crippen molar-refractivity contribution >= 4 is 11.5 Å². The van der Waals surface area contributed by atoms with Gasteiger partial charge in [0.25, 0.3) is 0 Å². The fourth-order valence-electron chi connectivity index (χ4n) is 3.54. The molecule has 0 amide bonds. The van der Waals surface area contributed by atoms with E-state index < -0.39 is 0 Å². The van der Waals surface area contributed by atoms with E-state index in [2.05, 4.69) is 30.2 Å². The molecule has 0 radical (unpaired) electrons. The van der Waals surface area contributed by atoms with Gasteiger partial charge in [0.05, 0.1) is 12.4 Å². The maximum Gasteiger partial charge on any atom is 0.175 e. The molecule has 1 N–H and O–H groups in total. The Bertz CT molecular complexity index is 611. The first-order valence-electron chi connectivity index (χ1n) is 8.22. The number of nitrogens with zero attached hydrogens (tertiary/aromatic N) is 6. The van der Waals surface area contributed by atoms with Gasteiger partial charge in [-0.1, -0.05) is 0 Å². The van der Waals surface area contributed by atoms with Gasteiger partial charge in [-0.2, -0.15) is 9.61 Å². The van der Waals surface area contributed by atoms with Gasteiger partial charge in [-0.3, -0.25) is 9.88 Å². The largest absolute Gasteiger partial charge is 0.353 e. The van der Waals surface area contributed by atoms with Crippen LogP contribution in [-0.2, 0) is 0 Å². The van der Waals surface area contributed by atoms with Crippen LogP contribution in [0.25, 0.3) is 5.65 Å². The third kappa shape index (κ3) is 2.78. The summed E-state index contributed by atoms with van der Waals surface area (Å²) in [5.41, 5.74) is 0.814. The fraction of sp³-hybridized carbons (Fsp3) is 0.667. The molecular weight excluding hydrogens is 278 g/mol. The fourth-order valence-corrected chi connectivity index (χ4v) is 3.54. The van der Waals surface area contributed by atoms with Gasteiger partial charge >= 0.3 is 0 Å². The lowest BCUT2D eigenvalue weighted by Gasteiger charge is -2.38. The number of rotatable bonds is 3. The Kier molecular flexibility index (Phi) is 3.90. The molecule has 7 heteroatoms. The molecule has 0 aromatic carbocycles. The lowest BCUT2D eigenvalue weighted by molar-refractivity contribution is 0.196. The average Bonchev–Trinajstić information content (AvgIpc) is 3.05. The van der Waals surface area contributed by atoms with Gasteiger partial charge in [0.1, 0.15) is 6.33 Å². The quantitative estimate of drug-likeness (QED) is 0.877. The van der Waals surface area contributed by atoms with Crippen molar-refractivity contribution in [1.29, 1.82) is 0 Å². The predicted molar refractivity (Wildman–Crippen MR) is 85.0 cm³/mol. The number of piperidine rings is 1. The topological polar surface area (TPSA) is 61.6 Å². The molecule has 2 aliphatic rings. The van der Waals surface area contributed by atoms with Crippen molar-refractivity contribution in [3.05, 3.63) is 18.7 Å². The van der Waals surface area contributed by atoms with Crippen molar-refractivity contribution in [3.8, 4) is 0 Å². The predicted octanol–water partition coefficient (Wildman–Crippen LogP) is 0.246. The van der Waals surface area contributed by atoms with Crippen LogP contribution in [-0.4, -0.2) is 70.3 Å². The number of hydrogen-bond acceptors (Lipinski definition) is 6. The number of hydrogen-bond donors (Lipinski definition) is 1. The Morgan fingerprint density at radius 1 is 1.09 bits per heavy atom. The molecule has 2 fully saturated rings. The van der Waals surface area contributed by atoms with Crippen molar-refractivity contribution in [3.63, 3.8) is 0 Å². The zero-order valence-corrected chi connectivity index (χ0v) is 12.9. The van der Waals surface area contributed by atoms with Crippen molar-refractivity contribution in [2.45, 2.75) is 12.8 Å². The first-order chi connectivity index (χ1) is 10.9. The van der Waals surface area contributed by atoms with E-state index in [1.54, 1.807) is 12.5 Å². The van der Waals surface area contributed by atoms with Crippen LogP contribution in [0.2, 0.25) is 0 Å². The number of nitrogens with one attached hydrogen (secondary N) is 1. The summed E-state index contributed by atoms with van der Waals surface area (Å²) in [6.45, 7) is 7.93. The third-order valence-corrected chi connectivity index (χ3v) is 4.84. The standard InChI is InChI=1S/C15H23N7/c1-3-16-4-2-13(1)11-20-5-7-21(8-6-20)15-10-17-9-14-18-12-19-22(14)15/h9-10,12-13,16H,1-8,11H2. The summed E-state index contributed by atoms with van der Waals surface area (Å²) < 4.78 is 1.88. The van der Waals surface area contributed by atoms with E-state index in [1.807, 2.05) is 10.7 Å². The number of fused-ring (bicyclic) bond motifs is 1. The Morgan fingerprint density at radius 2 is 1.91 bits per heavy atom. The highest BCUT2D eigenvalue weighted by atomic mass is 15.4. The average molecular weight is 301 g/mol. The summed E-state index contributed by atoms with van der Waals surface area (Å²) in [4.78, 5) is 13.5. The molecular formula is C15H23N7. The first kappa shape index (κ1) is 13.9. The molecule has 22 heavy (non-hydrogen) atoms.